The molecule has 82 valence electrons. The van der Waals surface area contributed by atoms with Crippen LogP contribution in [0.5, 0.6) is 0 Å². The molecule has 0 aromatic heterocycles. The van der Waals surface area contributed by atoms with Gasteiger partial charge < -0.3 is 10.1 Å². The molecule has 0 radical (unpaired) electrons. The lowest BCUT2D eigenvalue weighted by Crippen LogP contribution is -2.30. The van der Waals surface area contributed by atoms with E-state index in [2.05, 4.69) is 12.2 Å². The minimum atomic E-state index is -0.0416. The maximum absolute atomic E-state index is 11.1. The van der Waals surface area contributed by atoms with Gasteiger partial charge in [-0.25, -0.2) is 0 Å². The third kappa shape index (κ3) is 5.22. The second kappa shape index (κ2) is 6.82. The minimum Gasteiger partial charge on any atom is -0.464 e. The molecule has 1 atom stereocenters. The number of hydrogen-bond acceptors (Lipinski definition) is 3. The highest BCUT2D eigenvalue weighted by atomic mass is 16.5. The Bertz CT molecular complexity index is 171. The van der Waals surface area contributed by atoms with Crippen LogP contribution in [0.2, 0.25) is 0 Å². The van der Waals surface area contributed by atoms with Gasteiger partial charge in [-0.15, -0.1) is 0 Å². The molecule has 14 heavy (non-hydrogen) atoms. The van der Waals surface area contributed by atoms with Crippen molar-refractivity contribution >= 4 is 5.97 Å². The molecule has 0 saturated carbocycles. The van der Waals surface area contributed by atoms with Crippen molar-refractivity contribution in [3.05, 3.63) is 0 Å². The van der Waals surface area contributed by atoms with E-state index in [0.717, 1.165) is 19.4 Å². The van der Waals surface area contributed by atoms with Crippen LogP contribution in [0, 0.1) is 0 Å². The highest BCUT2D eigenvalue weighted by Crippen LogP contribution is 2.08. The van der Waals surface area contributed by atoms with Gasteiger partial charge in [0, 0.05) is 19.0 Å². The van der Waals surface area contributed by atoms with Crippen LogP contribution in [0.25, 0.3) is 0 Å². The first-order valence-electron chi connectivity index (χ1n) is 5.68. The van der Waals surface area contributed by atoms with Crippen molar-refractivity contribution in [2.24, 2.45) is 0 Å². The van der Waals surface area contributed by atoms with Crippen LogP contribution >= 0.6 is 0 Å². The average molecular weight is 199 g/mol. The quantitative estimate of drug-likeness (QED) is 0.605. The van der Waals surface area contributed by atoms with Crippen molar-refractivity contribution in [2.45, 2.75) is 51.5 Å². The molecule has 0 aromatic carbocycles. The smallest absolute Gasteiger partial charge is 0.305 e. The molecule has 0 spiro atoms. The number of hydrogen-bond donors (Lipinski definition) is 1. The molecule has 1 aliphatic rings. The molecule has 1 saturated heterocycles. The van der Waals surface area contributed by atoms with E-state index in [1.54, 1.807) is 0 Å². The van der Waals surface area contributed by atoms with Crippen LogP contribution in [-0.2, 0) is 9.53 Å². The summed E-state index contributed by atoms with van der Waals surface area (Å²) in [6.45, 7) is 3.49. The predicted molar refractivity (Wildman–Crippen MR) is 56.1 cm³/mol. The zero-order valence-electron chi connectivity index (χ0n) is 9.05. The van der Waals surface area contributed by atoms with Crippen LogP contribution in [-0.4, -0.2) is 25.2 Å². The van der Waals surface area contributed by atoms with Crippen molar-refractivity contribution in [1.82, 2.24) is 5.32 Å². The van der Waals surface area contributed by atoms with Gasteiger partial charge in [-0.3, -0.25) is 4.79 Å². The van der Waals surface area contributed by atoms with Crippen LogP contribution in [0.1, 0.15) is 45.4 Å². The van der Waals surface area contributed by atoms with Gasteiger partial charge in [-0.05, 0) is 19.8 Å². The van der Waals surface area contributed by atoms with Gasteiger partial charge in [0.2, 0.25) is 0 Å². The Labute approximate surface area is 86.2 Å². The number of cyclic esters (lactones) is 1. The summed E-state index contributed by atoms with van der Waals surface area (Å²) in [7, 11) is 0. The fourth-order valence-corrected chi connectivity index (χ4v) is 1.72. The summed E-state index contributed by atoms with van der Waals surface area (Å²) >= 11 is 0. The first kappa shape index (κ1) is 11.5. The first-order chi connectivity index (χ1) is 6.79. The summed E-state index contributed by atoms with van der Waals surface area (Å²) in [6, 6.07) is 0.549. The Kier molecular flexibility index (Phi) is 5.60. The van der Waals surface area contributed by atoms with Crippen molar-refractivity contribution in [3.63, 3.8) is 0 Å². The number of ether oxygens (including phenoxy) is 1. The van der Waals surface area contributed by atoms with Crippen LogP contribution < -0.4 is 5.32 Å². The summed E-state index contributed by atoms with van der Waals surface area (Å²) in [5.74, 6) is -0.0416. The molecule has 0 aromatic rings. The molecule has 3 nitrogen and oxygen atoms in total. The van der Waals surface area contributed by atoms with Gasteiger partial charge in [0.05, 0.1) is 0 Å². The SMILES string of the molecule is CC1CCCCCCC(=O)OCCN1. The molecule has 1 fully saturated rings. The van der Waals surface area contributed by atoms with Gasteiger partial charge in [0.1, 0.15) is 6.61 Å². The zero-order valence-corrected chi connectivity index (χ0v) is 9.05. The molecular formula is C11H21NO2. The molecule has 1 N–H and O–H groups in total. The largest absolute Gasteiger partial charge is 0.464 e. The number of esters is 1. The van der Waals surface area contributed by atoms with Crippen LogP contribution in [0.15, 0.2) is 0 Å². The third-order valence-electron chi connectivity index (χ3n) is 2.63. The Hall–Kier alpha value is -0.570. The molecule has 1 heterocycles. The van der Waals surface area contributed by atoms with Crippen molar-refractivity contribution in [2.75, 3.05) is 13.2 Å². The van der Waals surface area contributed by atoms with E-state index in [0.29, 0.717) is 19.1 Å². The van der Waals surface area contributed by atoms with Gasteiger partial charge in [-0.1, -0.05) is 19.3 Å². The summed E-state index contributed by atoms with van der Waals surface area (Å²) in [5, 5.41) is 3.34. The van der Waals surface area contributed by atoms with Gasteiger partial charge in [0.15, 0.2) is 0 Å². The van der Waals surface area contributed by atoms with E-state index in [-0.39, 0.29) is 5.97 Å². The third-order valence-corrected chi connectivity index (χ3v) is 2.63. The first-order valence-corrected chi connectivity index (χ1v) is 5.68. The molecule has 1 aliphatic heterocycles. The van der Waals surface area contributed by atoms with E-state index < -0.39 is 0 Å². The summed E-state index contributed by atoms with van der Waals surface area (Å²) in [6.07, 6.45) is 6.47. The minimum absolute atomic E-state index is 0.0416. The van der Waals surface area contributed by atoms with E-state index in [1.165, 1.54) is 19.3 Å². The summed E-state index contributed by atoms with van der Waals surface area (Å²) in [5.41, 5.74) is 0. The lowest BCUT2D eigenvalue weighted by molar-refractivity contribution is -0.143. The van der Waals surface area contributed by atoms with Crippen molar-refractivity contribution in [1.29, 1.82) is 0 Å². The second-order valence-corrected chi connectivity index (χ2v) is 4.03. The van der Waals surface area contributed by atoms with Crippen LogP contribution in [0.4, 0.5) is 0 Å². The van der Waals surface area contributed by atoms with Gasteiger partial charge in [-0.2, -0.15) is 0 Å². The normalized spacial score (nSPS) is 27.2. The summed E-state index contributed by atoms with van der Waals surface area (Å²) in [4.78, 5) is 11.1. The topological polar surface area (TPSA) is 38.3 Å². The fourth-order valence-electron chi connectivity index (χ4n) is 1.72. The van der Waals surface area contributed by atoms with E-state index >= 15 is 0 Å². The zero-order chi connectivity index (χ0) is 10.2. The summed E-state index contributed by atoms with van der Waals surface area (Å²) < 4.78 is 5.06. The number of carbonyl (C=O) groups is 1. The molecule has 1 rings (SSSR count). The van der Waals surface area contributed by atoms with E-state index in [4.69, 9.17) is 4.74 Å². The average Bonchev–Trinajstić information content (AvgIpc) is 2.16. The van der Waals surface area contributed by atoms with Crippen LogP contribution in [0.3, 0.4) is 0 Å². The maximum Gasteiger partial charge on any atom is 0.305 e. The highest BCUT2D eigenvalue weighted by Gasteiger charge is 2.06. The van der Waals surface area contributed by atoms with E-state index in [1.807, 2.05) is 0 Å². The van der Waals surface area contributed by atoms with Gasteiger partial charge >= 0.3 is 5.97 Å². The molecule has 1 unspecified atom stereocenters. The fraction of sp³-hybridized carbons (Fsp3) is 0.909. The maximum atomic E-state index is 11.1. The van der Waals surface area contributed by atoms with Crippen molar-refractivity contribution < 1.29 is 9.53 Å². The lowest BCUT2D eigenvalue weighted by atomic mass is 10.1. The van der Waals surface area contributed by atoms with Crippen molar-refractivity contribution in [3.8, 4) is 0 Å². The lowest BCUT2D eigenvalue weighted by Gasteiger charge is -2.14. The standard InChI is InChI=1S/C11H21NO2/c1-10-6-4-2-3-5-7-11(13)14-9-8-12-10/h10,12H,2-9H2,1H3. The predicted octanol–water partition coefficient (Wildman–Crippen LogP) is 1.86. The highest BCUT2D eigenvalue weighted by molar-refractivity contribution is 5.69. The second-order valence-electron chi connectivity index (χ2n) is 4.03. The Morgan fingerprint density at radius 3 is 2.93 bits per heavy atom. The molecule has 0 amide bonds. The van der Waals surface area contributed by atoms with E-state index in [9.17, 15) is 4.79 Å². The number of rotatable bonds is 0. The molecule has 3 heteroatoms. The monoisotopic (exact) mass is 199 g/mol. The molecule has 0 aliphatic carbocycles. The van der Waals surface area contributed by atoms with Gasteiger partial charge in [0.25, 0.3) is 0 Å². The molecule has 0 bridgehead atoms. The number of carbonyl (C=O) groups excluding carboxylic acids is 1. The number of nitrogens with one attached hydrogen (secondary N) is 1. The Morgan fingerprint density at radius 1 is 1.29 bits per heavy atom. The Balaban J connectivity index is 2.23. The Morgan fingerprint density at radius 2 is 2.07 bits per heavy atom. The molecular weight excluding hydrogens is 178 g/mol.